The van der Waals surface area contributed by atoms with Gasteiger partial charge in [-0.2, -0.15) is 0 Å². The summed E-state index contributed by atoms with van der Waals surface area (Å²) in [5, 5.41) is 3.42. The van der Waals surface area contributed by atoms with Gasteiger partial charge >= 0.3 is 0 Å². The number of H-pyrrole nitrogens is 1. The molecule has 2 heterocycles. The van der Waals surface area contributed by atoms with Gasteiger partial charge in [-0.25, -0.2) is 0 Å². The van der Waals surface area contributed by atoms with Crippen LogP contribution in [-0.2, 0) is 0 Å². The second-order valence-electron chi connectivity index (χ2n) is 5.07. The Hall–Kier alpha value is -2.95. The lowest BCUT2D eigenvalue weighted by molar-refractivity contribution is 0.0935. The number of hydrogen-bond donors (Lipinski definition) is 2. The zero-order valence-electron chi connectivity index (χ0n) is 12.0. The van der Waals surface area contributed by atoms with Crippen molar-refractivity contribution in [2.24, 2.45) is 0 Å². The SMILES string of the molecule is C[C@@H](NC(=O)c1cc(=O)c2ccccc2[nH]1)c1cccnc1. The molecule has 1 amide bonds. The van der Waals surface area contributed by atoms with E-state index >= 15 is 0 Å². The Balaban J connectivity index is 1.88. The highest BCUT2D eigenvalue weighted by Crippen LogP contribution is 2.12. The number of carbonyl (C=O) groups excluding carboxylic acids is 1. The summed E-state index contributed by atoms with van der Waals surface area (Å²) in [6, 6.07) is 12.0. The van der Waals surface area contributed by atoms with Crippen LogP contribution in [0.5, 0.6) is 0 Å². The van der Waals surface area contributed by atoms with Crippen LogP contribution in [0.1, 0.15) is 29.0 Å². The van der Waals surface area contributed by atoms with E-state index in [1.54, 1.807) is 30.6 Å². The summed E-state index contributed by atoms with van der Waals surface area (Å²) in [5.74, 6) is -0.320. The van der Waals surface area contributed by atoms with E-state index in [0.717, 1.165) is 5.56 Å². The van der Waals surface area contributed by atoms with Gasteiger partial charge in [-0.1, -0.05) is 18.2 Å². The summed E-state index contributed by atoms with van der Waals surface area (Å²) in [6.07, 6.45) is 3.38. The van der Waals surface area contributed by atoms with Crippen LogP contribution in [0.4, 0.5) is 0 Å². The molecule has 0 saturated carbocycles. The van der Waals surface area contributed by atoms with Crippen LogP contribution in [0.3, 0.4) is 0 Å². The van der Waals surface area contributed by atoms with Crippen LogP contribution in [0.25, 0.3) is 10.9 Å². The molecule has 110 valence electrons. The van der Waals surface area contributed by atoms with Crippen molar-refractivity contribution >= 4 is 16.8 Å². The number of rotatable bonds is 3. The Kier molecular flexibility index (Phi) is 3.70. The minimum absolute atomic E-state index is 0.173. The number of para-hydroxylation sites is 1. The number of fused-ring (bicyclic) bond motifs is 1. The van der Waals surface area contributed by atoms with Crippen molar-refractivity contribution in [2.75, 3.05) is 0 Å². The number of carbonyl (C=O) groups is 1. The second kappa shape index (κ2) is 5.81. The maximum atomic E-state index is 12.3. The van der Waals surface area contributed by atoms with Crippen molar-refractivity contribution in [3.63, 3.8) is 0 Å². The lowest BCUT2D eigenvalue weighted by Crippen LogP contribution is -2.28. The van der Waals surface area contributed by atoms with Gasteiger partial charge in [0.15, 0.2) is 5.43 Å². The van der Waals surface area contributed by atoms with Gasteiger partial charge < -0.3 is 10.3 Å². The average molecular weight is 293 g/mol. The number of nitrogens with zero attached hydrogens (tertiary/aromatic N) is 1. The monoisotopic (exact) mass is 293 g/mol. The molecule has 22 heavy (non-hydrogen) atoms. The van der Waals surface area contributed by atoms with Gasteiger partial charge in [0.2, 0.25) is 0 Å². The maximum Gasteiger partial charge on any atom is 0.268 e. The number of aromatic nitrogens is 2. The molecule has 0 spiro atoms. The molecule has 0 bridgehead atoms. The van der Waals surface area contributed by atoms with Crippen molar-refractivity contribution in [1.29, 1.82) is 0 Å². The minimum Gasteiger partial charge on any atom is -0.350 e. The molecule has 1 aromatic carbocycles. The quantitative estimate of drug-likeness (QED) is 0.778. The third kappa shape index (κ3) is 2.74. The number of hydrogen-bond acceptors (Lipinski definition) is 3. The number of nitrogens with one attached hydrogen (secondary N) is 2. The Morgan fingerprint density at radius 3 is 2.82 bits per heavy atom. The van der Waals surface area contributed by atoms with Crippen molar-refractivity contribution < 1.29 is 4.79 Å². The zero-order valence-corrected chi connectivity index (χ0v) is 12.0. The van der Waals surface area contributed by atoms with E-state index in [4.69, 9.17) is 0 Å². The van der Waals surface area contributed by atoms with E-state index in [1.807, 2.05) is 25.1 Å². The summed E-state index contributed by atoms with van der Waals surface area (Å²) in [6.45, 7) is 1.87. The molecule has 5 nitrogen and oxygen atoms in total. The molecule has 0 radical (unpaired) electrons. The second-order valence-corrected chi connectivity index (χ2v) is 5.07. The van der Waals surface area contributed by atoms with Gasteiger partial charge in [0.1, 0.15) is 5.69 Å². The molecule has 0 unspecified atom stereocenters. The smallest absolute Gasteiger partial charge is 0.268 e. The third-order valence-corrected chi connectivity index (χ3v) is 3.51. The van der Waals surface area contributed by atoms with Gasteiger partial charge in [0.25, 0.3) is 5.91 Å². The molecular weight excluding hydrogens is 278 g/mol. The molecule has 2 aromatic heterocycles. The molecule has 2 N–H and O–H groups in total. The zero-order chi connectivity index (χ0) is 15.5. The van der Waals surface area contributed by atoms with E-state index in [2.05, 4.69) is 15.3 Å². The van der Waals surface area contributed by atoms with Gasteiger partial charge in [-0.15, -0.1) is 0 Å². The van der Waals surface area contributed by atoms with Crippen LogP contribution < -0.4 is 10.7 Å². The lowest BCUT2D eigenvalue weighted by Gasteiger charge is -2.14. The van der Waals surface area contributed by atoms with Gasteiger partial charge in [0, 0.05) is 29.4 Å². The summed E-state index contributed by atoms with van der Waals surface area (Å²) in [4.78, 5) is 31.4. The van der Waals surface area contributed by atoms with Crippen molar-refractivity contribution in [3.05, 3.63) is 76.3 Å². The first-order chi connectivity index (χ1) is 10.6. The first kappa shape index (κ1) is 14.0. The normalized spacial score (nSPS) is 12.0. The molecule has 0 aliphatic carbocycles. The molecular formula is C17H15N3O2. The van der Waals surface area contributed by atoms with Gasteiger partial charge in [-0.3, -0.25) is 14.6 Å². The third-order valence-electron chi connectivity index (χ3n) is 3.51. The van der Waals surface area contributed by atoms with Crippen LogP contribution in [-0.4, -0.2) is 15.9 Å². The molecule has 5 heteroatoms. The highest BCUT2D eigenvalue weighted by molar-refractivity contribution is 5.95. The summed E-state index contributed by atoms with van der Waals surface area (Å²) >= 11 is 0. The average Bonchev–Trinajstić information content (AvgIpc) is 2.55. The minimum atomic E-state index is -0.320. The number of aromatic amines is 1. The molecule has 0 aliphatic heterocycles. The van der Waals surface area contributed by atoms with Crippen LogP contribution >= 0.6 is 0 Å². The molecule has 0 aliphatic rings. The first-order valence-electron chi connectivity index (χ1n) is 6.98. The Morgan fingerprint density at radius 1 is 1.23 bits per heavy atom. The Labute approximate surface area is 127 Å². The summed E-state index contributed by atoms with van der Waals surface area (Å²) in [7, 11) is 0. The maximum absolute atomic E-state index is 12.3. The fourth-order valence-corrected chi connectivity index (χ4v) is 2.31. The molecule has 1 atom stereocenters. The molecule has 0 fully saturated rings. The molecule has 3 rings (SSSR count). The fraction of sp³-hybridized carbons (Fsp3) is 0.118. The van der Waals surface area contributed by atoms with E-state index in [0.29, 0.717) is 10.9 Å². The standard InChI is InChI=1S/C17H15N3O2/c1-11(12-5-4-8-18-10-12)19-17(22)15-9-16(21)13-6-2-3-7-14(13)20-15/h2-11H,1H3,(H,19,22)(H,20,21)/t11-/m1/s1. The Bertz CT molecular complexity index is 872. The van der Waals surface area contributed by atoms with Crippen LogP contribution in [0.15, 0.2) is 59.7 Å². The van der Waals surface area contributed by atoms with E-state index in [1.165, 1.54) is 6.07 Å². The van der Waals surface area contributed by atoms with Crippen molar-refractivity contribution in [3.8, 4) is 0 Å². The number of amides is 1. The van der Waals surface area contributed by atoms with E-state index in [9.17, 15) is 9.59 Å². The van der Waals surface area contributed by atoms with Crippen LogP contribution in [0.2, 0.25) is 0 Å². The van der Waals surface area contributed by atoms with E-state index < -0.39 is 0 Å². The first-order valence-corrected chi connectivity index (χ1v) is 6.98. The largest absolute Gasteiger partial charge is 0.350 e. The fourth-order valence-electron chi connectivity index (χ4n) is 2.31. The number of benzene rings is 1. The highest BCUT2D eigenvalue weighted by atomic mass is 16.2. The van der Waals surface area contributed by atoms with Gasteiger partial charge in [-0.05, 0) is 30.7 Å². The van der Waals surface area contributed by atoms with Crippen molar-refractivity contribution in [2.45, 2.75) is 13.0 Å². The molecule has 3 aromatic rings. The predicted molar refractivity (Wildman–Crippen MR) is 84.7 cm³/mol. The summed E-state index contributed by atoms with van der Waals surface area (Å²) in [5.41, 5.74) is 1.63. The number of pyridine rings is 2. The highest BCUT2D eigenvalue weighted by Gasteiger charge is 2.13. The van der Waals surface area contributed by atoms with E-state index in [-0.39, 0.29) is 23.1 Å². The van der Waals surface area contributed by atoms with Gasteiger partial charge in [0.05, 0.1) is 6.04 Å². The Morgan fingerprint density at radius 2 is 2.05 bits per heavy atom. The molecule has 0 saturated heterocycles. The van der Waals surface area contributed by atoms with Crippen molar-refractivity contribution in [1.82, 2.24) is 15.3 Å². The van der Waals surface area contributed by atoms with Crippen LogP contribution in [0, 0.1) is 0 Å². The topological polar surface area (TPSA) is 74.8 Å². The summed E-state index contributed by atoms with van der Waals surface area (Å²) < 4.78 is 0. The lowest BCUT2D eigenvalue weighted by atomic mass is 10.1. The predicted octanol–water partition coefficient (Wildman–Crippen LogP) is 2.41.